The van der Waals surface area contributed by atoms with E-state index in [1.807, 2.05) is 18.2 Å². The Kier molecular flexibility index (Phi) is 4.15. The molecule has 0 radical (unpaired) electrons. The van der Waals surface area contributed by atoms with E-state index >= 15 is 0 Å². The monoisotopic (exact) mass is 297 g/mol. The van der Waals surface area contributed by atoms with Crippen LogP contribution >= 0.6 is 0 Å². The fourth-order valence-electron chi connectivity index (χ4n) is 2.68. The molecule has 0 amide bonds. The molecule has 2 aromatic rings. The van der Waals surface area contributed by atoms with Gasteiger partial charge in [0.1, 0.15) is 11.9 Å². The highest BCUT2D eigenvalue weighted by Crippen LogP contribution is 2.24. The minimum absolute atomic E-state index is 0.215. The van der Waals surface area contributed by atoms with Gasteiger partial charge in [-0.05, 0) is 36.6 Å². The highest BCUT2D eigenvalue weighted by Gasteiger charge is 2.23. The summed E-state index contributed by atoms with van der Waals surface area (Å²) in [5.74, 6) is 0.775. The first-order chi connectivity index (χ1) is 10.8. The van der Waals surface area contributed by atoms with E-state index in [9.17, 15) is 4.39 Å². The van der Waals surface area contributed by atoms with Crippen molar-refractivity contribution in [3.63, 3.8) is 0 Å². The van der Waals surface area contributed by atoms with Crippen LogP contribution < -0.4 is 10.2 Å². The van der Waals surface area contributed by atoms with Crippen LogP contribution in [0.1, 0.15) is 12.1 Å². The molecule has 1 aromatic carbocycles. The van der Waals surface area contributed by atoms with Gasteiger partial charge in [-0.2, -0.15) is 5.26 Å². The number of halogens is 1. The molecule has 2 heterocycles. The smallest absolute Gasteiger partial charge is 0.182 e. The zero-order chi connectivity index (χ0) is 15.4. The molecule has 6 heteroatoms. The maximum Gasteiger partial charge on any atom is 0.182 e. The van der Waals surface area contributed by atoms with Crippen LogP contribution in [0.25, 0.3) is 0 Å². The quantitative estimate of drug-likeness (QED) is 0.939. The number of aromatic nitrogens is 2. The molecule has 0 spiro atoms. The topological polar surface area (TPSA) is 64.8 Å². The molecule has 3 rings (SSSR count). The van der Waals surface area contributed by atoms with Gasteiger partial charge in [-0.25, -0.2) is 14.4 Å². The van der Waals surface area contributed by atoms with Gasteiger partial charge in [0.25, 0.3) is 0 Å². The molecule has 1 fully saturated rings. The van der Waals surface area contributed by atoms with Crippen LogP contribution in [0, 0.1) is 23.1 Å². The van der Waals surface area contributed by atoms with E-state index in [1.54, 1.807) is 6.20 Å². The Morgan fingerprint density at radius 1 is 1.27 bits per heavy atom. The van der Waals surface area contributed by atoms with E-state index in [0.717, 1.165) is 31.7 Å². The molecular formula is C16H16FN5. The molecule has 1 atom stereocenters. The highest BCUT2D eigenvalue weighted by molar-refractivity contribution is 5.48. The molecule has 22 heavy (non-hydrogen) atoms. The zero-order valence-corrected chi connectivity index (χ0v) is 12.0. The van der Waals surface area contributed by atoms with E-state index in [2.05, 4.69) is 20.2 Å². The molecule has 1 N–H and O–H groups in total. The lowest BCUT2D eigenvalue weighted by Crippen LogP contribution is -2.22. The predicted octanol–water partition coefficient (Wildman–Crippen LogP) is 2.43. The lowest BCUT2D eigenvalue weighted by Gasteiger charge is -2.19. The first-order valence-electron chi connectivity index (χ1n) is 7.22. The predicted molar refractivity (Wildman–Crippen MR) is 82.0 cm³/mol. The molecule has 0 saturated carbocycles. The Morgan fingerprint density at radius 3 is 2.82 bits per heavy atom. The number of nitrogens with zero attached hydrogens (tertiary/aromatic N) is 4. The van der Waals surface area contributed by atoms with Crippen molar-refractivity contribution in [2.45, 2.75) is 6.42 Å². The number of nitrogens with one attached hydrogen (secondary N) is 1. The van der Waals surface area contributed by atoms with Gasteiger partial charge < -0.3 is 10.2 Å². The van der Waals surface area contributed by atoms with Gasteiger partial charge in [-0.1, -0.05) is 0 Å². The fraction of sp³-hybridized carbons (Fsp3) is 0.312. The molecule has 112 valence electrons. The van der Waals surface area contributed by atoms with E-state index in [0.29, 0.717) is 17.4 Å². The van der Waals surface area contributed by atoms with Crippen molar-refractivity contribution in [2.24, 2.45) is 5.92 Å². The highest BCUT2D eigenvalue weighted by atomic mass is 19.1. The lowest BCUT2D eigenvalue weighted by molar-refractivity contribution is 0.620. The second-order valence-corrected chi connectivity index (χ2v) is 5.32. The van der Waals surface area contributed by atoms with E-state index < -0.39 is 0 Å². The van der Waals surface area contributed by atoms with Crippen molar-refractivity contribution in [2.75, 3.05) is 29.9 Å². The van der Waals surface area contributed by atoms with Crippen molar-refractivity contribution < 1.29 is 4.39 Å². The Hall–Kier alpha value is -2.68. The van der Waals surface area contributed by atoms with Crippen molar-refractivity contribution in [3.8, 4) is 6.07 Å². The summed E-state index contributed by atoms with van der Waals surface area (Å²) in [6.07, 6.45) is 4.13. The third-order valence-electron chi connectivity index (χ3n) is 3.84. The van der Waals surface area contributed by atoms with Crippen molar-refractivity contribution >= 4 is 11.5 Å². The minimum atomic E-state index is -0.215. The van der Waals surface area contributed by atoms with Gasteiger partial charge in [0, 0.05) is 37.7 Å². The van der Waals surface area contributed by atoms with Crippen LogP contribution in [0.2, 0.25) is 0 Å². The van der Waals surface area contributed by atoms with Gasteiger partial charge in [0.05, 0.1) is 0 Å². The number of nitriles is 1. The third-order valence-corrected chi connectivity index (χ3v) is 3.84. The normalized spacial score (nSPS) is 17.3. The standard InChI is InChI=1S/C16H16FN5/c17-13-1-3-14(4-2-13)22-8-5-12(11-22)10-21-16-15(9-18)19-6-7-20-16/h1-4,6-7,12H,5,8,10-11H2,(H,20,21). The minimum Gasteiger partial charge on any atom is -0.371 e. The molecule has 1 unspecified atom stereocenters. The fourth-order valence-corrected chi connectivity index (χ4v) is 2.68. The zero-order valence-electron chi connectivity index (χ0n) is 12.0. The number of anilines is 2. The second kappa shape index (κ2) is 6.39. The van der Waals surface area contributed by atoms with Crippen LogP contribution in [0.15, 0.2) is 36.7 Å². The summed E-state index contributed by atoms with van der Waals surface area (Å²) < 4.78 is 13.0. The molecule has 5 nitrogen and oxygen atoms in total. The maximum absolute atomic E-state index is 13.0. The van der Waals surface area contributed by atoms with Crippen molar-refractivity contribution in [1.82, 2.24) is 9.97 Å². The van der Waals surface area contributed by atoms with E-state index in [1.165, 1.54) is 18.3 Å². The molecule has 0 bridgehead atoms. The van der Waals surface area contributed by atoms with Gasteiger partial charge in [0.15, 0.2) is 11.5 Å². The second-order valence-electron chi connectivity index (χ2n) is 5.32. The Bertz CT molecular complexity index is 680. The lowest BCUT2D eigenvalue weighted by atomic mass is 10.1. The maximum atomic E-state index is 13.0. The molecule has 1 aliphatic rings. The Balaban J connectivity index is 1.57. The van der Waals surface area contributed by atoms with Crippen LogP contribution in [0.3, 0.4) is 0 Å². The van der Waals surface area contributed by atoms with Crippen molar-refractivity contribution in [3.05, 3.63) is 48.2 Å². The summed E-state index contributed by atoms with van der Waals surface area (Å²) in [7, 11) is 0. The van der Waals surface area contributed by atoms with Crippen LogP contribution in [-0.4, -0.2) is 29.6 Å². The molecule has 1 aliphatic heterocycles. The summed E-state index contributed by atoms with van der Waals surface area (Å²) in [4.78, 5) is 10.4. The third kappa shape index (κ3) is 3.14. The molecule has 1 saturated heterocycles. The summed E-state index contributed by atoms with van der Waals surface area (Å²) in [6, 6.07) is 8.61. The summed E-state index contributed by atoms with van der Waals surface area (Å²) in [5, 5.41) is 12.2. The van der Waals surface area contributed by atoms with Gasteiger partial charge >= 0.3 is 0 Å². The van der Waals surface area contributed by atoms with Gasteiger partial charge in [-0.3, -0.25) is 0 Å². The summed E-state index contributed by atoms with van der Waals surface area (Å²) in [5.41, 5.74) is 1.36. The molecule has 0 aliphatic carbocycles. The van der Waals surface area contributed by atoms with E-state index in [-0.39, 0.29) is 5.82 Å². The average molecular weight is 297 g/mol. The number of rotatable bonds is 4. The molecule has 1 aromatic heterocycles. The Morgan fingerprint density at radius 2 is 2.05 bits per heavy atom. The number of hydrogen-bond donors (Lipinski definition) is 1. The molecular weight excluding hydrogens is 281 g/mol. The van der Waals surface area contributed by atoms with Crippen LogP contribution in [-0.2, 0) is 0 Å². The first-order valence-corrected chi connectivity index (χ1v) is 7.22. The van der Waals surface area contributed by atoms with Crippen molar-refractivity contribution in [1.29, 1.82) is 5.26 Å². The number of benzene rings is 1. The average Bonchev–Trinajstić information content (AvgIpc) is 3.03. The van der Waals surface area contributed by atoms with Gasteiger partial charge in [-0.15, -0.1) is 0 Å². The SMILES string of the molecule is N#Cc1nccnc1NCC1CCN(c2ccc(F)cc2)C1. The largest absolute Gasteiger partial charge is 0.371 e. The Labute approximate surface area is 128 Å². The van der Waals surface area contributed by atoms with E-state index in [4.69, 9.17) is 5.26 Å². The van der Waals surface area contributed by atoms with Crippen LogP contribution in [0.5, 0.6) is 0 Å². The number of hydrogen-bond acceptors (Lipinski definition) is 5. The van der Waals surface area contributed by atoms with Gasteiger partial charge in [0.2, 0.25) is 0 Å². The van der Waals surface area contributed by atoms with Crippen LogP contribution in [0.4, 0.5) is 15.9 Å². The first kappa shape index (κ1) is 14.3. The summed E-state index contributed by atoms with van der Waals surface area (Å²) >= 11 is 0. The summed E-state index contributed by atoms with van der Waals surface area (Å²) in [6.45, 7) is 2.59.